The van der Waals surface area contributed by atoms with E-state index in [0.29, 0.717) is 22.9 Å². The number of nitrogens with zero attached hydrogens (tertiary/aromatic N) is 2. The van der Waals surface area contributed by atoms with Gasteiger partial charge in [0.25, 0.3) is 5.91 Å². The molecule has 0 bridgehead atoms. The Hall–Kier alpha value is -4.53. The normalized spacial score (nSPS) is 11.6. The number of carboxylic acids is 1. The van der Waals surface area contributed by atoms with Crippen LogP contribution < -0.4 is 10.6 Å². The van der Waals surface area contributed by atoms with Crippen LogP contribution in [0.25, 0.3) is 22.9 Å². The third-order valence-electron chi connectivity index (χ3n) is 5.83. The Morgan fingerprint density at radius 2 is 1.51 bits per heavy atom. The number of anilines is 1. The van der Waals surface area contributed by atoms with Crippen LogP contribution >= 0.6 is 0 Å². The number of carbonyl (C=O) groups excluding carboxylic acids is 1. The van der Waals surface area contributed by atoms with Crippen LogP contribution in [0.2, 0.25) is 0 Å². The van der Waals surface area contributed by atoms with Gasteiger partial charge in [0.15, 0.2) is 0 Å². The summed E-state index contributed by atoms with van der Waals surface area (Å²) in [6.07, 6.45) is 1.57. The minimum Gasteiger partial charge on any atom is -0.481 e. The average Bonchev–Trinajstić information content (AvgIpc) is 3.39. The van der Waals surface area contributed by atoms with Crippen molar-refractivity contribution in [1.82, 2.24) is 15.5 Å². The third kappa shape index (κ3) is 7.00. The zero-order chi connectivity index (χ0) is 26.2. The maximum absolute atomic E-state index is 13.2. The molecule has 9 heteroatoms. The number of hydrogen-bond donors (Lipinski definition) is 3. The minimum absolute atomic E-state index is 0.0901. The van der Waals surface area contributed by atoms with E-state index in [-0.39, 0.29) is 30.7 Å². The summed E-state index contributed by atoms with van der Waals surface area (Å²) < 4.78 is 18.9. The Kier molecular flexibility index (Phi) is 8.25. The fraction of sp³-hybridized carbons (Fsp3) is 0.214. The minimum atomic E-state index is -0.953. The van der Waals surface area contributed by atoms with E-state index in [0.717, 1.165) is 29.7 Å². The predicted octanol–water partition coefficient (Wildman–Crippen LogP) is 5.18. The Bertz CT molecular complexity index is 1340. The fourth-order valence-corrected chi connectivity index (χ4v) is 3.75. The monoisotopic (exact) mass is 502 g/mol. The number of carbonyl (C=O) groups is 2. The number of rotatable bonds is 11. The van der Waals surface area contributed by atoms with Gasteiger partial charge in [-0.3, -0.25) is 9.59 Å². The van der Waals surface area contributed by atoms with Crippen molar-refractivity contribution in [1.29, 1.82) is 0 Å². The first kappa shape index (κ1) is 25.6. The van der Waals surface area contributed by atoms with Gasteiger partial charge in [0, 0.05) is 35.0 Å². The van der Waals surface area contributed by atoms with Crippen molar-refractivity contribution < 1.29 is 23.5 Å². The number of aromatic nitrogens is 2. The number of halogens is 1. The second kappa shape index (κ2) is 11.9. The Morgan fingerprint density at radius 1 is 0.919 bits per heavy atom. The van der Waals surface area contributed by atoms with Crippen LogP contribution in [0.5, 0.6) is 0 Å². The average molecular weight is 503 g/mol. The number of benzene rings is 3. The zero-order valence-corrected chi connectivity index (χ0v) is 20.3. The molecule has 1 amide bonds. The fourth-order valence-electron chi connectivity index (χ4n) is 3.75. The van der Waals surface area contributed by atoms with Crippen molar-refractivity contribution in [2.24, 2.45) is 0 Å². The van der Waals surface area contributed by atoms with Crippen molar-refractivity contribution >= 4 is 17.6 Å². The summed E-state index contributed by atoms with van der Waals surface area (Å²) >= 11 is 0. The van der Waals surface area contributed by atoms with Crippen LogP contribution in [-0.2, 0) is 11.2 Å². The zero-order valence-electron chi connectivity index (χ0n) is 20.3. The first-order chi connectivity index (χ1) is 17.9. The molecule has 1 aromatic heterocycles. The summed E-state index contributed by atoms with van der Waals surface area (Å²) in [7, 11) is 0. The molecule has 37 heavy (non-hydrogen) atoms. The lowest BCUT2D eigenvalue weighted by Crippen LogP contribution is -2.26. The second-order valence-electron chi connectivity index (χ2n) is 8.55. The number of amides is 1. The first-order valence-electron chi connectivity index (χ1n) is 12.0. The Balaban J connectivity index is 1.34. The van der Waals surface area contributed by atoms with Gasteiger partial charge in [0.05, 0.1) is 6.42 Å². The van der Waals surface area contributed by atoms with Crippen LogP contribution in [-0.4, -0.2) is 39.8 Å². The van der Waals surface area contributed by atoms with E-state index in [1.807, 2.05) is 36.4 Å². The van der Waals surface area contributed by atoms with Crippen molar-refractivity contribution in [2.75, 3.05) is 11.9 Å². The van der Waals surface area contributed by atoms with E-state index in [2.05, 4.69) is 27.8 Å². The highest BCUT2D eigenvalue weighted by molar-refractivity contribution is 5.94. The molecular formula is C28H27FN4O4. The van der Waals surface area contributed by atoms with Gasteiger partial charge in [0.2, 0.25) is 11.8 Å². The van der Waals surface area contributed by atoms with Gasteiger partial charge in [0.1, 0.15) is 5.82 Å². The van der Waals surface area contributed by atoms with Gasteiger partial charge < -0.3 is 20.2 Å². The molecule has 0 aliphatic rings. The molecule has 0 fully saturated rings. The summed E-state index contributed by atoms with van der Waals surface area (Å²) in [6.45, 7) is 2.19. The van der Waals surface area contributed by atoms with Crippen molar-refractivity contribution in [3.8, 4) is 22.9 Å². The summed E-state index contributed by atoms with van der Waals surface area (Å²) in [5, 5.41) is 22.9. The van der Waals surface area contributed by atoms with Gasteiger partial charge in [-0.2, -0.15) is 0 Å². The molecule has 0 aliphatic heterocycles. The number of aliphatic carboxylic acids is 1. The molecule has 3 aromatic carbocycles. The second-order valence-corrected chi connectivity index (χ2v) is 8.55. The van der Waals surface area contributed by atoms with E-state index in [1.54, 1.807) is 24.3 Å². The van der Waals surface area contributed by atoms with E-state index in [1.165, 1.54) is 12.1 Å². The van der Waals surface area contributed by atoms with Crippen LogP contribution in [0.1, 0.15) is 35.7 Å². The summed E-state index contributed by atoms with van der Waals surface area (Å²) in [5.74, 6) is -0.855. The summed E-state index contributed by atoms with van der Waals surface area (Å²) in [6, 6.07) is 21.1. The lowest BCUT2D eigenvalue weighted by molar-refractivity contribution is -0.136. The van der Waals surface area contributed by atoms with Crippen LogP contribution in [0.15, 0.2) is 77.2 Å². The molecule has 0 saturated heterocycles. The lowest BCUT2D eigenvalue weighted by atomic mass is 10.0. The Labute approximate surface area is 213 Å². The van der Waals surface area contributed by atoms with E-state index >= 15 is 0 Å². The van der Waals surface area contributed by atoms with Crippen LogP contribution in [0, 0.1) is 5.82 Å². The predicted molar refractivity (Wildman–Crippen MR) is 138 cm³/mol. The maximum atomic E-state index is 13.2. The van der Waals surface area contributed by atoms with Gasteiger partial charge in [-0.15, -0.1) is 10.2 Å². The highest BCUT2D eigenvalue weighted by Crippen LogP contribution is 2.25. The molecule has 1 atom stereocenters. The molecule has 4 rings (SSSR count). The van der Waals surface area contributed by atoms with Crippen molar-refractivity contribution in [2.45, 2.75) is 32.2 Å². The first-order valence-corrected chi connectivity index (χ1v) is 12.0. The van der Waals surface area contributed by atoms with Crippen LogP contribution in [0.3, 0.4) is 0 Å². The number of carboxylic acid groups (broad SMARTS) is 1. The summed E-state index contributed by atoms with van der Waals surface area (Å²) in [4.78, 5) is 22.7. The summed E-state index contributed by atoms with van der Waals surface area (Å²) in [5.41, 5.74) is 3.95. The quantitative estimate of drug-likeness (QED) is 0.259. The molecule has 0 spiro atoms. The number of hydrogen-bond acceptors (Lipinski definition) is 6. The molecule has 0 radical (unpaired) electrons. The standard InChI is InChI=1S/C28H27FN4O4/c1-2-23(31-24-13-9-19(10-14-24)26(36)30-16-15-25(34)35)17-18-3-5-20(6-4-18)27-32-33-28(37-27)21-7-11-22(29)12-8-21/h3-14,23,31H,2,15-17H2,1H3,(H,30,36)(H,34,35). The molecule has 1 heterocycles. The molecule has 1 unspecified atom stereocenters. The molecule has 8 nitrogen and oxygen atoms in total. The molecule has 0 aliphatic carbocycles. The SMILES string of the molecule is CCC(Cc1ccc(-c2nnc(-c3ccc(F)cc3)o2)cc1)Nc1ccc(C(=O)NCCC(=O)O)cc1. The highest BCUT2D eigenvalue weighted by atomic mass is 19.1. The van der Waals surface area contributed by atoms with Crippen molar-refractivity contribution in [3.63, 3.8) is 0 Å². The Morgan fingerprint density at radius 3 is 2.08 bits per heavy atom. The highest BCUT2D eigenvalue weighted by Gasteiger charge is 2.13. The van der Waals surface area contributed by atoms with Gasteiger partial charge in [-0.05, 0) is 79.1 Å². The van der Waals surface area contributed by atoms with E-state index in [9.17, 15) is 14.0 Å². The van der Waals surface area contributed by atoms with Crippen LogP contribution in [0.4, 0.5) is 10.1 Å². The van der Waals surface area contributed by atoms with Gasteiger partial charge in [-0.1, -0.05) is 19.1 Å². The molecular weight excluding hydrogens is 475 g/mol. The van der Waals surface area contributed by atoms with Crippen molar-refractivity contribution in [3.05, 3.63) is 89.7 Å². The maximum Gasteiger partial charge on any atom is 0.305 e. The van der Waals surface area contributed by atoms with Gasteiger partial charge in [-0.25, -0.2) is 4.39 Å². The number of nitrogens with one attached hydrogen (secondary N) is 2. The van der Waals surface area contributed by atoms with E-state index in [4.69, 9.17) is 9.52 Å². The van der Waals surface area contributed by atoms with Gasteiger partial charge >= 0.3 is 5.97 Å². The molecule has 3 N–H and O–H groups in total. The topological polar surface area (TPSA) is 117 Å². The molecule has 4 aromatic rings. The molecule has 0 saturated carbocycles. The molecule has 190 valence electrons. The smallest absolute Gasteiger partial charge is 0.305 e. The third-order valence-corrected chi connectivity index (χ3v) is 5.83. The largest absolute Gasteiger partial charge is 0.481 e. The van der Waals surface area contributed by atoms with E-state index < -0.39 is 5.97 Å². The lowest BCUT2D eigenvalue weighted by Gasteiger charge is -2.19.